The molecule has 0 aliphatic rings. The fourth-order valence-corrected chi connectivity index (χ4v) is 1.66. The fraction of sp³-hybridized carbons (Fsp3) is 0.750. The minimum absolute atomic E-state index is 0.0598. The van der Waals surface area contributed by atoms with Crippen LogP contribution in [0, 0.1) is 5.92 Å². The monoisotopic (exact) mass is 241 g/mol. The van der Waals surface area contributed by atoms with Gasteiger partial charge in [0, 0.05) is 25.5 Å². The molecule has 0 amide bonds. The van der Waals surface area contributed by atoms with Gasteiger partial charge in [-0.1, -0.05) is 13.8 Å². The van der Waals surface area contributed by atoms with Gasteiger partial charge in [-0.2, -0.15) is 0 Å². The van der Waals surface area contributed by atoms with E-state index in [0.29, 0.717) is 25.6 Å². The summed E-state index contributed by atoms with van der Waals surface area (Å²) in [6.07, 6.45) is 2.94. The summed E-state index contributed by atoms with van der Waals surface area (Å²) in [6, 6.07) is 0. The van der Waals surface area contributed by atoms with Crippen molar-refractivity contribution >= 4 is 0 Å². The van der Waals surface area contributed by atoms with E-state index in [9.17, 15) is 9.90 Å². The quantitative estimate of drug-likeness (QED) is 0.720. The van der Waals surface area contributed by atoms with Gasteiger partial charge in [-0.05, 0) is 19.4 Å². The van der Waals surface area contributed by atoms with Gasteiger partial charge in [0.25, 0.3) is 0 Å². The number of imidazole rings is 1. The number of hydrogen-bond donors (Lipinski definition) is 2. The SMILES string of the molecule is CCn1ccn(CC(O)CNCC(C)C)c1=O. The maximum absolute atomic E-state index is 11.7. The van der Waals surface area contributed by atoms with E-state index in [4.69, 9.17) is 0 Å². The van der Waals surface area contributed by atoms with Crippen LogP contribution in [0.15, 0.2) is 17.2 Å². The van der Waals surface area contributed by atoms with Crippen molar-refractivity contribution in [2.75, 3.05) is 13.1 Å². The zero-order valence-electron chi connectivity index (χ0n) is 10.9. The predicted molar refractivity (Wildman–Crippen MR) is 68.1 cm³/mol. The van der Waals surface area contributed by atoms with Crippen molar-refractivity contribution in [2.45, 2.75) is 40.0 Å². The lowest BCUT2D eigenvalue weighted by Gasteiger charge is -2.13. The first-order chi connectivity index (χ1) is 8.04. The molecular weight excluding hydrogens is 218 g/mol. The first kappa shape index (κ1) is 14.0. The number of hydrogen-bond acceptors (Lipinski definition) is 3. The van der Waals surface area contributed by atoms with Gasteiger partial charge in [0.1, 0.15) is 0 Å². The molecule has 0 saturated heterocycles. The summed E-state index contributed by atoms with van der Waals surface area (Å²) in [4.78, 5) is 11.7. The van der Waals surface area contributed by atoms with E-state index in [0.717, 1.165) is 6.54 Å². The first-order valence-corrected chi connectivity index (χ1v) is 6.19. The zero-order valence-corrected chi connectivity index (χ0v) is 10.9. The second-order valence-electron chi connectivity index (χ2n) is 4.73. The molecule has 1 aromatic rings. The van der Waals surface area contributed by atoms with Gasteiger partial charge in [-0.15, -0.1) is 0 Å². The maximum Gasteiger partial charge on any atom is 0.328 e. The zero-order chi connectivity index (χ0) is 12.8. The van der Waals surface area contributed by atoms with Crippen LogP contribution < -0.4 is 11.0 Å². The van der Waals surface area contributed by atoms with E-state index in [1.54, 1.807) is 21.5 Å². The minimum Gasteiger partial charge on any atom is -0.390 e. The van der Waals surface area contributed by atoms with Crippen LogP contribution in [0.3, 0.4) is 0 Å². The van der Waals surface area contributed by atoms with Gasteiger partial charge in [0.15, 0.2) is 0 Å². The Morgan fingerprint density at radius 3 is 2.47 bits per heavy atom. The average Bonchev–Trinajstić information content (AvgIpc) is 2.59. The third kappa shape index (κ3) is 4.36. The van der Waals surface area contributed by atoms with Crippen molar-refractivity contribution in [3.63, 3.8) is 0 Å². The molecule has 2 N–H and O–H groups in total. The summed E-state index contributed by atoms with van der Waals surface area (Å²) < 4.78 is 3.17. The van der Waals surface area contributed by atoms with Crippen LogP contribution in [0.4, 0.5) is 0 Å². The fourth-order valence-electron chi connectivity index (χ4n) is 1.66. The second kappa shape index (κ2) is 6.61. The second-order valence-corrected chi connectivity index (χ2v) is 4.73. The highest BCUT2D eigenvalue weighted by atomic mass is 16.3. The maximum atomic E-state index is 11.7. The van der Waals surface area contributed by atoms with Crippen molar-refractivity contribution in [3.8, 4) is 0 Å². The lowest BCUT2D eigenvalue weighted by atomic mass is 10.2. The number of nitrogens with zero attached hydrogens (tertiary/aromatic N) is 2. The first-order valence-electron chi connectivity index (χ1n) is 6.19. The Balaban J connectivity index is 2.42. The smallest absolute Gasteiger partial charge is 0.328 e. The highest BCUT2D eigenvalue weighted by Gasteiger charge is 2.08. The topological polar surface area (TPSA) is 59.2 Å². The van der Waals surface area contributed by atoms with Gasteiger partial charge < -0.3 is 10.4 Å². The van der Waals surface area contributed by atoms with Crippen LogP contribution >= 0.6 is 0 Å². The molecule has 0 aliphatic heterocycles. The molecule has 0 radical (unpaired) electrons. The number of aliphatic hydroxyl groups is 1. The standard InChI is InChI=1S/C12H23N3O2/c1-4-14-5-6-15(12(14)17)9-11(16)8-13-7-10(2)3/h5-6,10-11,13,16H,4,7-9H2,1-3H3. The molecule has 1 heterocycles. The van der Waals surface area contributed by atoms with Gasteiger partial charge in [0.2, 0.25) is 0 Å². The van der Waals surface area contributed by atoms with E-state index < -0.39 is 6.10 Å². The molecule has 1 aromatic heterocycles. The molecule has 1 unspecified atom stereocenters. The predicted octanol–water partition coefficient (Wildman–Crippen LogP) is 0.276. The molecule has 17 heavy (non-hydrogen) atoms. The van der Waals surface area contributed by atoms with Gasteiger partial charge in [-0.3, -0.25) is 9.13 Å². The number of aryl methyl sites for hydroxylation is 1. The molecule has 5 nitrogen and oxygen atoms in total. The Morgan fingerprint density at radius 2 is 1.94 bits per heavy atom. The van der Waals surface area contributed by atoms with E-state index in [1.807, 2.05) is 6.92 Å². The third-order valence-electron chi connectivity index (χ3n) is 2.60. The van der Waals surface area contributed by atoms with Gasteiger partial charge >= 0.3 is 5.69 Å². The Kier molecular flexibility index (Phi) is 5.44. The van der Waals surface area contributed by atoms with E-state index in [2.05, 4.69) is 19.2 Å². The Morgan fingerprint density at radius 1 is 1.29 bits per heavy atom. The molecule has 0 aliphatic carbocycles. The van der Waals surface area contributed by atoms with Crippen LogP contribution in [0.2, 0.25) is 0 Å². The molecule has 1 rings (SSSR count). The van der Waals surface area contributed by atoms with Crippen LogP contribution in [0.1, 0.15) is 20.8 Å². The average molecular weight is 241 g/mol. The van der Waals surface area contributed by atoms with Gasteiger partial charge in [-0.25, -0.2) is 4.79 Å². The highest BCUT2D eigenvalue weighted by Crippen LogP contribution is 1.92. The lowest BCUT2D eigenvalue weighted by molar-refractivity contribution is 0.149. The molecule has 0 fully saturated rings. The summed E-state index contributed by atoms with van der Waals surface area (Å²) >= 11 is 0. The summed E-state index contributed by atoms with van der Waals surface area (Å²) in [7, 11) is 0. The van der Waals surface area contributed by atoms with Gasteiger partial charge in [0.05, 0.1) is 12.6 Å². The Bertz CT molecular complexity index is 381. The highest BCUT2D eigenvalue weighted by molar-refractivity contribution is 4.82. The molecule has 1 atom stereocenters. The lowest BCUT2D eigenvalue weighted by Crippen LogP contribution is -2.35. The number of aliphatic hydroxyl groups excluding tert-OH is 1. The third-order valence-corrected chi connectivity index (χ3v) is 2.60. The molecule has 0 saturated carbocycles. The van der Waals surface area contributed by atoms with Crippen molar-refractivity contribution in [1.29, 1.82) is 0 Å². The molecule has 5 heteroatoms. The number of nitrogens with one attached hydrogen (secondary N) is 1. The Hall–Kier alpha value is -1.07. The van der Waals surface area contributed by atoms with Crippen molar-refractivity contribution in [1.82, 2.24) is 14.5 Å². The summed E-state index contributed by atoms with van der Waals surface area (Å²) in [5.41, 5.74) is -0.0598. The Labute approximate surface area is 102 Å². The van der Waals surface area contributed by atoms with Crippen LogP contribution in [-0.4, -0.2) is 33.4 Å². The largest absolute Gasteiger partial charge is 0.390 e. The van der Waals surface area contributed by atoms with Crippen LogP contribution in [-0.2, 0) is 13.1 Å². The van der Waals surface area contributed by atoms with Crippen molar-refractivity contribution in [3.05, 3.63) is 22.9 Å². The van der Waals surface area contributed by atoms with Crippen LogP contribution in [0.25, 0.3) is 0 Å². The van der Waals surface area contributed by atoms with E-state index >= 15 is 0 Å². The summed E-state index contributed by atoms with van der Waals surface area (Å²) in [6.45, 7) is 8.55. The molecule has 0 aromatic carbocycles. The van der Waals surface area contributed by atoms with Crippen LogP contribution in [0.5, 0.6) is 0 Å². The molecule has 98 valence electrons. The normalized spacial score (nSPS) is 13.2. The van der Waals surface area contributed by atoms with E-state index in [1.165, 1.54) is 0 Å². The number of aromatic nitrogens is 2. The molecule has 0 bridgehead atoms. The van der Waals surface area contributed by atoms with Crippen molar-refractivity contribution in [2.24, 2.45) is 5.92 Å². The molecular formula is C12H23N3O2. The summed E-state index contributed by atoms with van der Waals surface area (Å²) in [5, 5.41) is 13.0. The summed E-state index contributed by atoms with van der Waals surface area (Å²) in [5.74, 6) is 0.561. The van der Waals surface area contributed by atoms with Crippen molar-refractivity contribution < 1.29 is 5.11 Å². The molecule has 0 spiro atoms. The van der Waals surface area contributed by atoms with E-state index in [-0.39, 0.29) is 5.69 Å². The minimum atomic E-state index is -0.529. The number of rotatable bonds is 7.